The Labute approximate surface area is 147 Å². The van der Waals surface area contributed by atoms with E-state index in [9.17, 15) is 29.4 Å². The molecule has 0 rings (SSSR count). The molecule has 0 fully saturated rings. The molecule has 0 aliphatic heterocycles. The summed E-state index contributed by atoms with van der Waals surface area (Å²) in [6, 6.07) is -1.55. The Kier molecular flexibility index (Phi) is 17.0. The second kappa shape index (κ2) is 14.2. The van der Waals surface area contributed by atoms with Crippen molar-refractivity contribution >= 4 is 70.0 Å². The Morgan fingerprint density at radius 2 is 1.10 bits per heavy atom. The third-order valence-electron chi connectivity index (χ3n) is 1.90. The van der Waals surface area contributed by atoms with Crippen LogP contribution in [0.15, 0.2) is 0 Å². The zero-order valence-electron chi connectivity index (χ0n) is 11.5. The fourth-order valence-electron chi connectivity index (χ4n) is 0.746. The van der Waals surface area contributed by atoms with E-state index in [4.69, 9.17) is 23.2 Å². The van der Waals surface area contributed by atoms with Gasteiger partial charge in [-0.25, -0.2) is 0 Å². The maximum Gasteiger partial charge on any atom is 2.00 e. The van der Waals surface area contributed by atoms with Crippen molar-refractivity contribution < 1.29 is 29.4 Å². The zero-order chi connectivity index (χ0) is 16.3. The van der Waals surface area contributed by atoms with E-state index in [0.717, 1.165) is 0 Å². The fourth-order valence-corrected chi connectivity index (χ4v) is 1.21. The summed E-state index contributed by atoms with van der Waals surface area (Å²) in [5, 5.41) is 23.4. The zero-order valence-corrected chi connectivity index (χ0v) is 14.4. The molecule has 0 saturated heterocycles. The number of ketones is 2. The first-order valence-electron chi connectivity index (χ1n) is 5.28. The molecule has 0 unspecified atom stereocenters. The molecule has 0 spiro atoms. The third-order valence-corrected chi connectivity index (χ3v) is 2.42. The van der Waals surface area contributed by atoms with Crippen LogP contribution in [0.3, 0.4) is 0 Å². The van der Waals surface area contributed by atoms with E-state index in [-0.39, 0.29) is 46.4 Å². The van der Waals surface area contributed by atoms with E-state index in [0.29, 0.717) is 0 Å². The number of Topliss-reactive ketones (excluding diaryl/α,β-unsaturated/α-hetero) is 2. The van der Waals surface area contributed by atoms with E-state index in [1.807, 2.05) is 10.6 Å². The molecule has 0 saturated carbocycles. The predicted octanol–water partition coefficient (Wildman–Crippen LogP) is -2.15. The molecule has 21 heavy (non-hydrogen) atoms. The van der Waals surface area contributed by atoms with Gasteiger partial charge in [0.05, 0.1) is 23.8 Å². The molecule has 0 aliphatic rings. The smallest absolute Gasteiger partial charge is 0.530 e. The van der Waals surface area contributed by atoms with Crippen LogP contribution in [0.4, 0.5) is 9.59 Å². The van der Waals surface area contributed by atoms with Gasteiger partial charge in [0.15, 0.2) is 11.6 Å². The first-order valence-corrected chi connectivity index (χ1v) is 6.34. The van der Waals surface area contributed by atoms with Gasteiger partial charge >= 0.3 is 23.1 Å². The Morgan fingerprint density at radius 1 is 0.857 bits per heavy atom. The molecule has 0 radical (unpaired) electrons. The number of hydrogen-bond donors (Lipinski definition) is 2. The normalized spacial score (nSPS) is 11.6. The van der Waals surface area contributed by atoms with Crippen molar-refractivity contribution in [3.63, 3.8) is 0 Å². The van der Waals surface area contributed by atoms with Crippen molar-refractivity contribution in [2.45, 2.75) is 25.9 Å². The summed E-state index contributed by atoms with van der Waals surface area (Å²) in [5.74, 6) is -1.13. The van der Waals surface area contributed by atoms with Crippen LogP contribution < -0.4 is 20.8 Å². The average molecular weight is 353 g/mol. The molecule has 0 aromatic heterocycles. The van der Waals surface area contributed by atoms with E-state index in [1.165, 1.54) is 13.8 Å². The quantitative estimate of drug-likeness (QED) is 0.412. The van der Waals surface area contributed by atoms with Crippen molar-refractivity contribution in [2.24, 2.45) is 0 Å². The molecule has 0 aliphatic carbocycles. The summed E-state index contributed by atoms with van der Waals surface area (Å²) < 4.78 is 0. The van der Waals surface area contributed by atoms with Crippen molar-refractivity contribution in [3.05, 3.63) is 0 Å². The van der Waals surface area contributed by atoms with Crippen LogP contribution in [-0.2, 0) is 9.59 Å². The van der Waals surface area contributed by atoms with Crippen LogP contribution in [0.2, 0.25) is 0 Å². The fraction of sp³-hybridized carbons (Fsp3) is 0.600. The van der Waals surface area contributed by atoms with Crippen molar-refractivity contribution in [3.8, 4) is 0 Å². The van der Waals surface area contributed by atoms with Gasteiger partial charge in [-0.3, -0.25) is 9.59 Å². The summed E-state index contributed by atoms with van der Waals surface area (Å²) in [5.41, 5.74) is 0. The molecule has 0 bridgehead atoms. The van der Waals surface area contributed by atoms with Gasteiger partial charge in [0.25, 0.3) is 0 Å². The molecule has 0 aromatic carbocycles. The molecule has 2 amide bonds. The number of rotatable bonds is 6. The number of carboxylic acid groups (broad SMARTS) is 2. The van der Waals surface area contributed by atoms with Crippen LogP contribution in [0.5, 0.6) is 0 Å². The first kappa shape index (κ1) is 25.2. The largest absolute Gasteiger partial charge is 2.00 e. The Morgan fingerprint density at radius 3 is 1.24 bits per heavy atom. The summed E-state index contributed by atoms with van der Waals surface area (Å²) in [6.07, 6.45) is -2.93. The minimum atomic E-state index is -1.47. The summed E-state index contributed by atoms with van der Waals surface area (Å²) in [6.45, 7) is 2.81. The van der Waals surface area contributed by atoms with E-state index >= 15 is 0 Å². The molecule has 2 N–H and O–H groups in total. The topological polar surface area (TPSA) is 138 Å². The SMILES string of the molecule is C[C@H](NC(=O)[O-])C(=O)CCl.C[C@H](NC(=O)[O-])C(=O)CCl.[Mg+2]. The maximum atomic E-state index is 10.6. The number of halogens is 2. The summed E-state index contributed by atoms with van der Waals surface area (Å²) >= 11 is 10.3. The van der Waals surface area contributed by atoms with Gasteiger partial charge in [0, 0.05) is 0 Å². The van der Waals surface area contributed by atoms with Gasteiger partial charge in [-0.15, -0.1) is 23.2 Å². The maximum absolute atomic E-state index is 10.6. The van der Waals surface area contributed by atoms with Crippen LogP contribution >= 0.6 is 23.2 Å². The average Bonchev–Trinajstić information content (AvgIpc) is 2.35. The Hall–Kier alpha value is -0.774. The molecule has 11 heteroatoms. The van der Waals surface area contributed by atoms with Gasteiger partial charge in [0.1, 0.15) is 12.2 Å². The molecular weight excluding hydrogens is 339 g/mol. The predicted molar refractivity (Wildman–Crippen MR) is 73.2 cm³/mol. The number of amides is 2. The number of hydrogen-bond acceptors (Lipinski definition) is 6. The summed E-state index contributed by atoms with van der Waals surface area (Å²) in [4.78, 5) is 40.7. The van der Waals surface area contributed by atoms with Crippen molar-refractivity contribution in [2.75, 3.05) is 11.8 Å². The van der Waals surface area contributed by atoms with E-state index < -0.39 is 24.3 Å². The van der Waals surface area contributed by atoms with Gasteiger partial charge in [-0.1, -0.05) is 0 Å². The third kappa shape index (κ3) is 15.4. The van der Waals surface area contributed by atoms with Gasteiger partial charge < -0.3 is 30.4 Å². The number of alkyl halides is 2. The Balaban J connectivity index is -0.000000295. The van der Waals surface area contributed by atoms with Crippen molar-refractivity contribution in [1.29, 1.82) is 0 Å². The number of carbonyl (C=O) groups excluding carboxylic acids is 4. The van der Waals surface area contributed by atoms with Crippen LogP contribution in [0.25, 0.3) is 0 Å². The molecule has 2 atom stereocenters. The molecule has 0 heterocycles. The van der Waals surface area contributed by atoms with E-state index in [1.54, 1.807) is 0 Å². The van der Waals surface area contributed by atoms with Gasteiger partial charge in [-0.2, -0.15) is 0 Å². The number of carbonyl (C=O) groups is 4. The molecule has 8 nitrogen and oxygen atoms in total. The van der Waals surface area contributed by atoms with Gasteiger partial charge in [0.2, 0.25) is 0 Å². The van der Waals surface area contributed by atoms with Crippen LogP contribution in [-0.4, -0.2) is 70.6 Å². The number of nitrogens with one attached hydrogen (secondary N) is 2. The van der Waals surface area contributed by atoms with Crippen LogP contribution in [0, 0.1) is 0 Å². The minimum Gasteiger partial charge on any atom is -0.530 e. The molecule has 116 valence electrons. The Bertz CT molecular complexity index is 335. The van der Waals surface area contributed by atoms with Gasteiger partial charge in [-0.05, 0) is 13.8 Å². The van der Waals surface area contributed by atoms with Crippen LogP contribution in [0.1, 0.15) is 13.8 Å². The molecule has 0 aromatic rings. The monoisotopic (exact) mass is 352 g/mol. The van der Waals surface area contributed by atoms with Crippen molar-refractivity contribution in [1.82, 2.24) is 10.6 Å². The molecular formula is C10H14Cl2MgN2O6. The minimum absolute atomic E-state index is 0. The second-order valence-corrected chi connectivity index (χ2v) is 4.04. The second-order valence-electron chi connectivity index (χ2n) is 3.51. The van der Waals surface area contributed by atoms with E-state index in [2.05, 4.69) is 0 Å². The first-order chi connectivity index (χ1) is 9.15. The standard InChI is InChI=1S/2C5H8ClNO3.Mg/c2*1-3(4(8)2-6)7-5(9)10;/h2*3,7H,2H2,1H3,(H,9,10);/q;;+2/p-2/t2*3-;/m00./s1. The summed E-state index contributed by atoms with van der Waals surface area (Å²) in [7, 11) is 0.